The van der Waals surface area contributed by atoms with Crippen LogP contribution in [0, 0.1) is 12.3 Å². The van der Waals surface area contributed by atoms with Gasteiger partial charge in [-0.3, -0.25) is 14.3 Å². The fourth-order valence-corrected chi connectivity index (χ4v) is 2.63. The molecule has 1 amide bonds. The van der Waals surface area contributed by atoms with Crippen molar-refractivity contribution in [3.05, 3.63) is 17.5 Å². The Balaban J connectivity index is 2.20. The molecular formula is C14H21N3O3. The largest absolute Gasteiger partial charge is 0.481 e. The van der Waals surface area contributed by atoms with Gasteiger partial charge in [-0.2, -0.15) is 5.10 Å². The molecule has 1 atom stereocenters. The highest BCUT2D eigenvalue weighted by atomic mass is 16.4. The first-order chi connectivity index (χ1) is 9.26. The van der Waals surface area contributed by atoms with Gasteiger partial charge in [0.25, 0.3) is 5.91 Å². The van der Waals surface area contributed by atoms with Crippen LogP contribution >= 0.6 is 0 Å². The van der Waals surface area contributed by atoms with E-state index in [1.807, 2.05) is 20.8 Å². The second kappa shape index (κ2) is 4.92. The van der Waals surface area contributed by atoms with Gasteiger partial charge in [-0.25, -0.2) is 0 Å². The molecule has 20 heavy (non-hydrogen) atoms. The van der Waals surface area contributed by atoms with E-state index in [4.69, 9.17) is 0 Å². The SMILES string of the molecule is Cc1c(C(=O)N2CCC(C)(C(=O)O)C2)cnn1C(C)C. The summed E-state index contributed by atoms with van der Waals surface area (Å²) in [5.41, 5.74) is 0.555. The number of carboxylic acids is 1. The van der Waals surface area contributed by atoms with Gasteiger partial charge in [0.05, 0.1) is 17.2 Å². The zero-order valence-corrected chi connectivity index (χ0v) is 12.4. The zero-order chi connectivity index (χ0) is 15.1. The predicted octanol–water partition coefficient (Wildman–Crippen LogP) is 1.71. The second-order valence-corrected chi connectivity index (χ2v) is 6.02. The van der Waals surface area contributed by atoms with Gasteiger partial charge in [-0.15, -0.1) is 0 Å². The lowest BCUT2D eigenvalue weighted by molar-refractivity contribution is -0.147. The first-order valence-electron chi connectivity index (χ1n) is 6.83. The molecule has 1 N–H and O–H groups in total. The lowest BCUT2D eigenvalue weighted by atomic mass is 9.90. The Morgan fingerprint density at radius 3 is 2.55 bits per heavy atom. The van der Waals surface area contributed by atoms with Crippen molar-refractivity contribution < 1.29 is 14.7 Å². The molecule has 6 nitrogen and oxygen atoms in total. The Morgan fingerprint density at radius 2 is 2.10 bits per heavy atom. The van der Waals surface area contributed by atoms with Gasteiger partial charge in [0.2, 0.25) is 0 Å². The average Bonchev–Trinajstić information content (AvgIpc) is 2.93. The highest BCUT2D eigenvalue weighted by molar-refractivity contribution is 5.95. The van der Waals surface area contributed by atoms with Gasteiger partial charge in [0.15, 0.2) is 0 Å². The number of rotatable bonds is 3. The molecule has 1 fully saturated rings. The van der Waals surface area contributed by atoms with Crippen LogP contribution in [0.5, 0.6) is 0 Å². The van der Waals surface area contributed by atoms with Crippen LogP contribution in [-0.2, 0) is 4.79 Å². The first kappa shape index (κ1) is 14.6. The summed E-state index contributed by atoms with van der Waals surface area (Å²) in [6.45, 7) is 8.30. The van der Waals surface area contributed by atoms with Crippen molar-refractivity contribution in [2.75, 3.05) is 13.1 Å². The van der Waals surface area contributed by atoms with E-state index in [9.17, 15) is 14.7 Å². The van der Waals surface area contributed by atoms with Crippen molar-refractivity contribution in [2.24, 2.45) is 5.41 Å². The molecule has 1 aliphatic heterocycles. The summed E-state index contributed by atoms with van der Waals surface area (Å²) in [6.07, 6.45) is 2.07. The first-order valence-corrected chi connectivity index (χ1v) is 6.83. The van der Waals surface area contributed by atoms with Crippen molar-refractivity contribution in [2.45, 2.75) is 40.2 Å². The minimum absolute atomic E-state index is 0.126. The Morgan fingerprint density at radius 1 is 1.45 bits per heavy atom. The summed E-state index contributed by atoms with van der Waals surface area (Å²) in [6, 6.07) is 0.194. The molecular weight excluding hydrogens is 258 g/mol. The van der Waals surface area contributed by atoms with Gasteiger partial charge >= 0.3 is 5.97 Å². The molecule has 1 unspecified atom stereocenters. The third-order valence-corrected chi connectivity index (χ3v) is 4.04. The lowest BCUT2D eigenvalue weighted by Gasteiger charge is -2.20. The normalized spacial score (nSPS) is 22.6. The van der Waals surface area contributed by atoms with Gasteiger partial charge in [-0.1, -0.05) is 0 Å². The molecule has 0 saturated carbocycles. The Labute approximate surface area is 118 Å². The molecule has 1 aromatic heterocycles. The van der Waals surface area contributed by atoms with Crippen LogP contribution in [0.4, 0.5) is 0 Å². The summed E-state index contributed by atoms with van der Waals surface area (Å²) in [5.74, 6) is -0.971. The molecule has 0 aliphatic carbocycles. The van der Waals surface area contributed by atoms with Crippen LogP contribution in [0.1, 0.15) is 49.3 Å². The average molecular weight is 279 g/mol. The second-order valence-electron chi connectivity index (χ2n) is 6.02. The van der Waals surface area contributed by atoms with Crippen LogP contribution in [-0.4, -0.2) is 44.8 Å². The van der Waals surface area contributed by atoms with Gasteiger partial charge < -0.3 is 10.0 Å². The maximum Gasteiger partial charge on any atom is 0.311 e. The number of hydrogen-bond acceptors (Lipinski definition) is 3. The molecule has 2 rings (SSSR count). The molecule has 0 radical (unpaired) electrons. The predicted molar refractivity (Wildman–Crippen MR) is 73.6 cm³/mol. The number of aromatic nitrogens is 2. The minimum atomic E-state index is -0.845. The van der Waals surface area contributed by atoms with Crippen molar-refractivity contribution in [1.29, 1.82) is 0 Å². The van der Waals surface area contributed by atoms with E-state index in [1.54, 1.807) is 22.7 Å². The van der Waals surface area contributed by atoms with Gasteiger partial charge in [0.1, 0.15) is 0 Å². The summed E-state index contributed by atoms with van der Waals surface area (Å²) in [7, 11) is 0. The molecule has 1 saturated heterocycles. The molecule has 0 spiro atoms. The molecule has 2 heterocycles. The van der Waals surface area contributed by atoms with E-state index in [1.165, 1.54) is 0 Å². The Bertz CT molecular complexity index is 550. The monoisotopic (exact) mass is 279 g/mol. The zero-order valence-electron chi connectivity index (χ0n) is 12.4. The van der Waals surface area contributed by atoms with Crippen molar-refractivity contribution >= 4 is 11.9 Å². The number of amides is 1. The summed E-state index contributed by atoms with van der Waals surface area (Å²) < 4.78 is 1.81. The lowest BCUT2D eigenvalue weighted by Crippen LogP contribution is -2.35. The molecule has 110 valence electrons. The van der Waals surface area contributed by atoms with Crippen LogP contribution < -0.4 is 0 Å². The van der Waals surface area contributed by atoms with E-state index in [0.717, 1.165) is 5.69 Å². The maximum absolute atomic E-state index is 12.5. The van der Waals surface area contributed by atoms with Crippen LogP contribution in [0.25, 0.3) is 0 Å². The van der Waals surface area contributed by atoms with E-state index in [2.05, 4.69) is 5.10 Å². The van der Waals surface area contributed by atoms with E-state index >= 15 is 0 Å². The topological polar surface area (TPSA) is 75.4 Å². The van der Waals surface area contributed by atoms with E-state index in [0.29, 0.717) is 18.5 Å². The molecule has 6 heteroatoms. The molecule has 1 aliphatic rings. The summed E-state index contributed by atoms with van der Waals surface area (Å²) >= 11 is 0. The highest BCUT2D eigenvalue weighted by Crippen LogP contribution is 2.31. The number of carbonyl (C=O) groups excluding carboxylic acids is 1. The summed E-state index contributed by atoms with van der Waals surface area (Å²) in [5, 5.41) is 13.5. The quantitative estimate of drug-likeness (QED) is 0.914. The molecule has 0 bridgehead atoms. The maximum atomic E-state index is 12.5. The minimum Gasteiger partial charge on any atom is -0.481 e. The van der Waals surface area contributed by atoms with Gasteiger partial charge in [-0.05, 0) is 34.1 Å². The fraction of sp³-hybridized carbons (Fsp3) is 0.643. The molecule has 0 aromatic carbocycles. The number of likely N-dealkylation sites (tertiary alicyclic amines) is 1. The smallest absolute Gasteiger partial charge is 0.311 e. The highest BCUT2D eigenvalue weighted by Gasteiger charge is 2.42. The number of nitrogens with zero attached hydrogens (tertiary/aromatic N) is 3. The Kier molecular flexibility index (Phi) is 3.58. The van der Waals surface area contributed by atoms with Crippen LogP contribution in [0.15, 0.2) is 6.20 Å². The fourth-order valence-electron chi connectivity index (χ4n) is 2.63. The van der Waals surface area contributed by atoms with Gasteiger partial charge in [0, 0.05) is 24.8 Å². The third-order valence-electron chi connectivity index (χ3n) is 4.04. The van der Waals surface area contributed by atoms with Crippen molar-refractivity contribution in [3.63, 3.8) is 0 Å². The number of aliphatic carboxylic acids is 1. The number of carbonyl (C=O) groups is 2. The number of carboxylic acid groups (broad SMARTS) is 1. The Hall–Kier alpha value is -1.85. The summed E-state index contributed by atoms with van der Waals surface area (Å²) in [4.78, 5) is 25.3. The molecule has 1 aromatic rings. The van der Waals surface area contributed by atoms with Crippen molar-refractivity contribution in [1.82, 2.24) is 14.7 Å². The van der Waals surface area contributed by atoms with Crippen molar-refractivity contribution in [3.8, 4) is 0 Å². The third kappa shape index (κ3) is 2.30. The van der Waals surface area contributed by atoms with Crippen LogP contribution in [0.2, 0.25) is 0 Å². The van der Waals surface area contributed by atoms with Crippen LogP contribution in [0.3, 0.4) is 0 Å². The number of hydrogen-bond donors (Lipinski definition) is 1. The van der Waals surface area contributed by atoms with E-state index < -0.39 is 11.4 Å². The van der Waals surface area contributed by atoms with E-state index in [-0.39, 0.29) is 18.5 Å². The standard InChI is InChI=1S/C14H21N3O3/c1-9(2)17-10(3)11(7-15-17)12(18)16-6-5-14(4,8-16)13(19)20/h7,9H,5-6,8H2,1-4H3,(H,19,20).